The summed E-state index contributed by atoms with van der Waals surface area (Å²) in [5, 5.41) is 8.63. The highest BCUT2D eigenvalue weighted by atomic mass is 32.2. The quantitative estimate of drug-likeness (QED) is 0.516. The fourth-order valence-corrected chi connectivity index (χ4v) is 2.71. The maximum Gasteiger partial charge on any atom is 0.173 e. The monoisotopic (exact) mass is 169 g/mol. The molecule has 60 valence electrons. The summed E-state index contributed by atoms with van der Waals surface area (Å²) < 4.78 is 5.40. The second-order valence-electron chi connectivity index (χ2n) is 3.16. The lowest BCUT2D eigenvalue weighted by molar-refractivity contribution is 0.280. The van der Waals surface area contributed by atoms with Gasteiger partial charge < -0.3 is 4.74 Å². The Morgan fingerprint density at radius 3 is 3.09 bits per heavy atom. The molecule has 2 atom stereocenters. The number of nitrogens with zero attached hydrogens (tertiary/aromatic N) is 1. The van der Waals surface area contributed by atoms with Crippen LogP contribution >= 0.6 is 11.8 Å². The van der Waals surface area contributed by atoms with E-state index in [2.05, 4.69) is 6.07 Å². The Morgan fingerprint density at radius 2 is 2.36 bits per heavy atom. The molecule has 0 saturated carbocycles. The molecule has 2 aliphatic heterocycles. The molecule has 2 fully saturated rings. The number of ether oxygens (including phenoxy) is 1. The first-order valence-corrected chi connectivity index (χ1v) is 5.18. The van der Waals surface area contributed by atoms with Crippen molar-refractivity contribution in [3.8, 4) is 6.07 Å². The SMILES string of the molecule is N#CC1OC12CCCSCC2. The first-order chi connectivity index (χ1) is 5.37. The minimum Gasteiger partial charge on any atom is -0.350 e. The van der Waals surface area contributed by atoms with Gasteiger partial charge in [-0.25, -0.2) is 0 Å². The number of thioether (sulfide) groups is 1. The summed E-state index contributed by atoms with van der Waals surface area (Å²) in [6.45, 7) is 0. The molecule has 2 unspecified atom stereocenters. The van der Waals surface area contributed by atoms with Crippen molar-refractivity contribution >= 4 is 11.8 Å². The van der Waals surface area contributed by atoms with E-state index >= 15 is 0 Å². The van der Waals surface area contributed by atoms with Crippen molar-refractivity contribution in [2.45, 2.75) is 31.0 Å². The maximum absolute atomic E-state index is 8.63. The fraction of sp³-hybridized carbons (Fsp3) is 0.875. The molecule has 0 amide bonds. The Balaban J connectivity index is 1.98. The second kappa shape index (κ2) is 2.69. The number of hydrogen-bond donors (Lipinski definition) is 0. The topological polar surface area (TPSA) is 36.3 Å². The van der Waals surface area contributed by atoms with Gasteiger partial charge in [-0.3, -0.25) is 0 Å². The number of epoxide rings is 1. The van der Waals surface area contributed by atoms with Gasteiger partial charge in [-0.05, 0) is 30.8 Å². The van der Waals surface area contributed by atoms with Gasteiger partial charge in [0, 0.05) is 0 Å². The van der Waals surface area contributed by atoms with Crippen LogP contribution in [0.3, 0.4) is 0 Å². The summed E-state index contributed by atoms with van der Waals surface area (Å²) in [5.41, 5.74) is -0.00174. The lowest BCUT2D eigenvalue weighted by atomic mass is 9.97. The van der Waals surface area contributed by atoms with Crippen LogP contribution in [0.15, 0.2) is 0 Å². The van der Waals surface area contributed by atoms with E-state index in [4.69, 9.17) is 10.00 Å². The maximum atomic E-state index is 8.63. The second-order valence-corrected chi connectivity index (χ2v) is 4.38. The van der Waals surface area contributed by atoms with Crippen LogP contribution < -0.4 is 0 Å². The lowest BCUT2D eigenvalue weighted by Crippen LogP contribution is -2.13. The van der Waals surface area contributed by atoms with E-state index in [-0.39, 0.29) is 11.7 Å². The van der Waals surface area contributed by atoms with Gasteiger partial charge in [0.1, 0.15) is 5.60 Å². The zero-order valence-electron chi connectivity index (χ0n) is 6.38. The van der Waals surface area contributed by atoms with Crippen molar-refractivity contribution in [3.63, 3.8) is 0 Å². The molecule has 2 aliphatic rings. The molecular weight excluding hydrogens is 158 g/mol. The normalized spacial score (nSPS) is 43.0. The van der Waals surface area contributed by atoms with Gasteiger partial charge >= 0.3 is 0 Å². The fourth-order valence-electron chi connectivity index (χ4n) is 1.67. The van der Waals surface area contributed by atoms with Crippen LogP contribution in [0.25, 0.3) is 0 Å². The van der Waals surface area contributed by atoms with Crippen molar-refractivity contribution in [1.82, 2.24) is 0 Å². The van der Waals surface area contributed by atoms with Crippen molar-refractivity contribution in [3.05, 3.63) is 0 Å². The van der Waals surface area contributed by atoms with Crippen LogP contribution in [0, 0.1) is 11.3 Å². The highest BCUT2D eigenvalue weighted by molar-refractivity contribution is 7.99. The summed E-state index contributed by atoms with van der Waals surface area (Å²) in [5.74, 6) is 2.40. The van der Waals surface area contributed by atoms with Gasteiger partial charge in [0.2, 0.25) is 0 Å². The molecule has 0 aromatic carbocycles. The van der Waals surface area contributed by atoms with Crippen LogP contribution in [0.2, 0.25) is 0 Å². The van der Waals surface area contributed by atoms with E-state index in [0.29, 0.717) is 0 Å². The van der Waals surface area contributed by atoms with Crippen molar-refractivity contribution in [2.75, 3.05) is 11.5 Å². The largest absolute Gasteiger partial charge is 0.350 e. The van der Waals surface area contributed by atoms with E-state index in [1.165, 1.54) is 12.2 Å². The number of nitriles is 1. The van der Waals surface area contributed by atoms with Gasteiger partial charge in [0.25, 0.3) is 0 Å². The summed E-state index contributed by atoms with van der Waals surface area (Å²) >= 11 is 1.98. The van der Waals surface area contributed by atoms with Crippen LogP contribution in [-0.4, -0.2) is 23.2 Å². The molecule has 0 bridgehead atoms. The third-order valence-electron chi connectivity index (χ3n) is 2.45. The molecular formula is C8H11NOS. The third-order valence-corrected chi connectivity index (χ3v) is 3.52. The third kappa shape index (κ3) is 1.25. The smallest absolute Gasteiger partial charge is 0.173 e. The number of rotatable bonds is 0. The van der Waals surface area contributed by atoms with Gasteiger partial charge in [-0.1, -0.05) is 0 Å². The van der Waals surface area contributed by atoms with Crippen LogP contribution in [0.4, 0.5) is 0 Å². The molecule has 0 aliphatic carbocycles. The average Bonchev–Trinajstić information content (AvgIpc) is 2.76. The molecule has 2 rings (SSSR count). The van der Waals surface area contributed by atoms with E-state index in [0.717, 1.165) is 18.6 Å². The first-order valence-electron chi connectivity index (χ1n) is 4.03. The molecule has 2 heterocycles. The van der Waals surface area contributed by atoms with Gasteiger partial charge in [0.15, 0.2) is 6.10 Å². The zero-order valence-corrected chi connectivity index (χ0v) is 7.19. The Labute approximate surface area is 70.9 Å². The zero-order chi connectivity index (χ0) is 7.73. The Bertz CT molecular complexity index is 191. The van der Waals surface area contributed by atoms with E-state index in [1.54, 1.807) is 0 Å². The molecule has 11 heavy (non-hydrogen) atoms. The number of hydrogen-bond acceptors (Lipinski definition) is 3. The van der Waals surface area contributed by atoms with E-state index in [9.17, 15) is 0 Å². The molecule has 2 nitrogen and oxygen atoms in total. The van der Waals surface area contributed by atoms with E-state index in [1.807, 2.05) is 11.8 Å². The van der Waals surface area contributed by atoms with Crippen LogP contribution in [0.5, 0.6) is 0 Å². The summed E-state index contributed by atoms with van der Waals surface area (Å²) in [7, 11) is 0. The highest BCUT2D eigenvalue weighted by Crippen LogP contribution is 2.45. The minimum atomic E-state index is -0.0822. The summed E-state index contributed by atoms with van der Waals surface area (Å²) in [6.07, 6.45) is 3.30. The van der Waals surface area contributed by atoms with E-state index < -0.39 is 0 Å². The van der Waals surface area contributed by atoms with Crippen LogP contribution in [0.1, 0.15) is 19.3 Å². The molecule has 0 aromatic heterocycles. The Morgan fingerprint density at radius 1 is 1.45 bits per heavy atom. The standard InChI is InChI=1S/C8H11NOS/c9-6-7-8(10-7)2-1-4-11-5-3-8/h7H,1-5H2. The average molecular weight is 169 g/mol. The molecule has 0 aromatic rings. The molecule has 3 heteroatoms. The van der Waals surface area contributed by atoms with Gasteiger partial charge in [-0.2, -0.15) is 17.0 Å². The van der Waals surface area contributed by atoms with Crippen molar-refractivity contribution < 1.29 is 4.74 Å². The van der Waals surface area contributed by atoms with Crippen molar-refractivity contribution in [2.24, 2.45) is 0 Å². The minimum absolute atomic E-state index is 0.00174. The summed E-state index contributed by atoms with van der Waals surface area (Å²) in [6, 6.07) is 2.20. The van der Waals surface area contributed by atoms with Crippen LogP contribution in [-0.2, 0) is 4.74 Å². The summed E-state index contributed by atoms with van der Waals surface area (Å²) in [4.78, 5) is 0. The first kappa shape index (κ1) is 7.45. The van der Waals surface area contributed by atoms with Gasteiger partial charge in [0.05, 0.1) is 6.07 Å². The molecule has 2 saturated heterocycles. The predicted molar refractivity (Wildman–Crippen MR) is 44.4 cm³/mol. The Kier molecular flexibility index (Phi) is 1.82. The Hall–Kier alpha value is -0.200. The molecule has 0 N–H and O–H groups in total. The van der Waals surface area contributed by atoms with Crippen molar-refractivity contribution in [1.29, 1.82) is 5.26 Å². The predicted octanol–water partition coefficient (Wildman–Crippen LogP) is 1.56. The highest BCUT2D eigenvalue weighted by Gasteiger charge is 2.56. The molecule has 0 radical (unpaired) electrons. The lowest BCUT2D eigenvalue weighted by Gasteiger charge is -2.04. The molecule has 1 spiro atoms. The van der Waals surface area contributed by atoms with Gasteiger partial charge in [-0.15, -0.1) is 0 Å².